The van der Waals surface area contributed by atoms with Gasteiger partial charge in [0.2, 0.25) is 5.79 Å². The third-order valence-electron chi connectivity index (χ3n) is 16.5. The number of methoxy groups -OCH3 is 2. The SMILES string of the molecule is CO[C@@H]1C[C@H](CC2[C@H]3CCN4C(=O)C(=O)[C@]5(O)O[C@@H](CC[C@H]5C)CC(C)/C(C)=C/C=C/C=C/[C@@H](C)C[C@@H](C)C(=O)[C@H](OC)[C@H](O)/C(C)=C/[C@@H](C)CC[C@@H]2OC(=O)[C@@H]4C3)CC[C@H]1OC(=O)C(C)(CO)CO. The van der Waals surface area contributed by atoms with E-state index in [1.165, 1.54) is 18.9 Å². The van der Waals surface area contributed by atoms with E-state index in [9.17, 15) is 44.4 Å². The number of hydrogen-bond acceptors (Lipinski definition) is 14. The van der Waals surface area contributed by atoms with Gasteiger partial charge in [0, 0.05) is 32.6 Å². The highest BCUT2D eigenvalue weighted by molar-refractivity contribution is 6.39. The summed E-state index contributed by atoms with van der Waals surface area (Å²) < 4.78 is 30.0. The number of Topliss-reactive ketones (excluding diaryl/α,β-unsaturated/α-hetero) is 2. The second kappa shape index (κ2) is 25.4. The van der Waals surface area contributed by atoms with Crippen LogP contribution in [0.5, 0.6) is 0 Å². The molecule has 1 saturated carbocycles. The first-order chi connectivity index (χ1) is 33.1. The van der Waals surface area contributed by atoms with Crippen LogP contribution in [-0.2, 0) is 47.7 Å². The predicted molar refractivity (Wildman–Crippen MR) is 262 cm³/mol. The lowest BCUT2D eigenvalue weighted by atomic mass is 9.71. The van der Waals surface area contributed by atoms with Crippen molar-refractivity contribution < 1.29 is 68.1 Å². The molecule has 2 unspecified atom stereocenters. The maximum Gasteiger partial charge on any atom is 0.329 e. The highest BCUT2D eigenvalue weighted by Crippen LogP contribution is 2.45. The van der Waals surface area contributed by atoms with E-state index in [4.69, 9.17) is 23.7 Å². The molecule has 15 heteroatoms. The molecule has 4 fully saturated rings. The van der Waals surface area contributed by atoms with Crippen LogP contribution in [-0.4, -0.2) is 137 Å². The summed E-state index contributed by atoms with van der Waals surface area (Å²) >= 11 is 0. The molecular formula is C55H85NO14. The Morgan fingerprint density at radius 1 is 0.814 bits per heavy atom. The van der Waals surface area contributed by atoms with Gasteiger partial charge in [-0.05, 0) is 139 Å². The number of aliphatic hydroxyl groups is 4. The minimum atomic E-state index is -2.36. The van der Waals surface area contributed by atoms with Crippen LogP contribution in [0.15, 0.2) is 47.6 Å². The summed E-state index contributed by atoms with van der Waals surface area (Å²) in [6, 6.07) is -1.05. The van der Waals surface area contributed by atoms with Crippen molar-refractivity contribution in [3.05, 3.63) is 47.6 Å². The van der Waals surface area contributed by atoms with Crippen LogP contribution >= 0.6 is 0 Å². The molecule has 0 aromatic carbocycles. The Hall–Kier alpha value is -3.57. The van der Waals surface area contributed by atoms with Crippen LogP contribution in [0.2, 0.25) is 0 Å². The van der Waals surface area contributed by atoms with Gasteiger partial charge in [-0.25, -0.2) is 4.79 Å². The number of amides is 1. The Kier molecular flexibility index (Phi) is 20.8. The molecule has 1 aliphatic carbocycles. The maximum atomic E-state index is 14.4. The van der Waals surface area contributed by atoms with E-state index in [0.717, 1.165) is 5.57 Å². The summed E-state index contributed by atoms with van der Waals surface area (Å²) in [4.78, 5) is 71.2. The van der Waals surface area contributed by atoms with Gasteiger partial charge < -0.3 is 49.0 Å². The van der Waals surface area contributed by atoms with E-state index >= 15 is 0 Å². The van der Waals surface area contributed by atoms with Crippen molar-refractivity contribution in [1.29, 1.82) is 0 Å². The molecule has 394 valence electrons. The van der Waals surface area contributed by atoms with E-state index in [1.807, 2.05) is 64.2 Å². The van der Waals surface area contributed by atoms with Crippen LogP contribution in [0, 0.1) is 52.8 Å². The summed E-state index contributed by atoms with van der Waals surface area (Å²) in [6.45, 7) is 13.9. The quantitative estimate of drug-likeness (QED) is 0.118. The monoisotopic (exact) mass is 984 g/mol. The Bertz CT molecular complexity index is 1940. The summed E-state index contributed by atoms with van der Waals surface area (Å²) in [5.41, 5.74) is 0.209. The van der Waals surface area contributed by atoms with Gasteiger partial charge in [0.25, 0.3) is 11.7 Å². The Morgan fingerprint density at radius 2 is 1.53 bits per heavy atom. The third-order valence-corrected chi connectivity index (χ3v) is 16.5. The third kappa shape index (κ3) is 13.7. The van der Waals surface area contributed by atoms with E-state index in [0.29, 0.717) is 76.2 Å². The average molecular weight is 984 g/mol. The largest absolute Gasteiger partial charge is 0.461 e. The summed E-state index contributed by atoms with van der Waals surface area (Å²) in [7, 11) is 3.00. The first-order valence-electron chi connectivity index (χ1n) is 26.0. The zero-order valence-corrected chi connectivity index (χ0v) is 43.5. The zero-order chi connectivity index (χ0) is 51.7. The minimum Gasteiger partial charge on any atom is -0.461 e. The molecule has 15 nitrogen and oxygen atoms in total. The van der Waals surface area contributed by atoms with E-state index < -0.39 is 96.6 Å². The van der Waals surface area contributed by atoms with Crippen molar-refractivity contribution >= 4 is 29.4 Å². The molecule has 5 aliphatic rings. The molecule has 0 radical (unpaired) electrons. The number of ether oxygens (including phenoxy) is 5. The zero-order valence-electron chi connectivity index (χ0n) is 43.5. The van der Waals surface area contributed by atoms with Gasteiger partial charge in [-0.3, -0.25) is 19.2 Å². The fraction of sp³-hybridized carbons (Fsp3) is 0.764. The van der Waals surface area contributed by atoms with Gasteiger partial charge in [-0.15, -0.1) is 0 Å². The average Bonchev–Trinajstić information content (AvgIpc) is 3.43. The molecule has 5 bridgehead atoms. The first kappa shape index (κ1) is 57.3. The number of allylic oxidation sites excluding steroid dienone is 7. The maximum absolute atomic E-state index is 14.4. The van der Waals surface area contributed by atoms with Gasteiger partial charge in [-0.1, -0.05) is 76.6 Å². The molecule has 4 aliphatic heterocycles. The van der Waals surface area contributed by atoms with Crippen molar-refractivity contribution in [2.45, 2.75) is 181 Å². The number of carbonyl (C=O) groups excluding carboxylic acids is 5. The lowest BCUT2D eigenvalue weighted by Crippen LogP contribution is -2.61. The second-order valence-corrected chi connectivity index (χ2v) is 22.1. The van der Waals surface area contributed by atoms with Crippen molar-refractivity contribution in [3.8, 4) is 0 Å². The normalized spacial score (nSPS) is 40.6. The van der Waals surface area contributed by atoms with Gasteiger partial charge in [0.15, 0.2) is 5.78 Å². The highest BCUT2D eigenvalue weighted by atomic mass is 16.6. The summed E-state index contributed by atoms with van der Waals surface area (Å²) in [6.07, 6.45) is 13.8. The molecule has 4 N–H and O–H groups in total. The molecule has 70 heavy (non-hydrogen) atoms. The van der Waals surface area contributed by atoms with Crippen LogP contribution in [0.4, 0.5) is 0 Å². The molecule has 4 heterocycles. The number of fused-ring (bicyclic) bond motifs is 5. The van der Waals surface area contributed by atoms with Gasteiger partial charge in [0.1, 0.15) is 35.9 Å². The second-order valence-electron chi connectivity index (χ2n) is 22.1. The van der Waals surface area contributed by atoms with E-state index in [1.54, 1.807) is 21.0 Å². The Labute approximate surface area is 416 Å². The molecular weight excluding hydrogens is 899 g/mol. The van der Waals surface area contributed by atoms with Gasteiger partial charge in [-0.2, -0.15) is 0 Å². The number of carbonyl (C=O) groups is 5. The molecule has 1 amide bonds. The minimum absolute atomic E-state index is 0.0307. The lowest BCUT2D eigenvalue weighted by molar-refractivity contribution is -0.264. The number of hydrogen-bond donors (Lipinski definition) is 4. The topological polar surface area (TPSA) is 216 Å². The Morgan fingerprint density at radius 3 is 2.20 bits per heavy atom. The van der Waals surface area contributed by atoms with Crippen LogP contribution in [0.25, 0.3) is 0 Å². The fourth-order valence-electron chi connectivity index (χ4n) is 11.5. The standard InChI is InChI=1S/C55H85NO14/c1-32-14-12-11-13-15-34(3)35(4)26-41-19-17-38(7)55(65,70-41)50(61)51(62)56-23-22-40-29-43(56)52(63)68-44(20-16-33(2)25-37(6)48(60)49(67-10)47(59)36(5)24-32)42(40)27-39-18-21-45(46(28-39)66-9)69-53(64)54(8,30-57)31-58/h11-15,25,32-33,35-36,38-46,48-49,57-58,60,65H,16-24,26-31H2,1-10H3/b13-11+,14-12+,34-15+,37-25+/t32-,33+,35?,36-,38-,39+,40+,41+,42?,43+,44+,45-,46-,48-,49+,55-/m1/s1. The molecule has 3 saturated heterocycles. The van der Waals surface area contributed by atoms with Crippen molar-refractivity contribution in [1.82, 2.24) is 4.90 Å². The lowest BCUT2D eigenvalue weighted by Gasteiger charge is -2.43. The van der Waals surface area contributed by atoms with E-state index in [2.05, 4.69) is 6.92 Å². The Balaban J connectivity index is 1.45. The molecule has 0 spiro atoms. The number of aliphatic hydroxyl groups excluding tert-OH is 3. The molecule has 5 rings (SSSR count). The van der Waals surface area contributed by atoms with E-state index in [-0.39, 0.29) is 60.2 Å². The molecule has 0 aromatic rings. The fourth-order valence-corrected chi connectivity index (χ4v) is 11.5. The molecule has 16 atom stereocenters. The summed E-state index contributed by atoms with van der Waals surface area (Å²) in [5, 5.41) is 43.2. The number of piperidine rings is 1. The number of ketones is 2. The van der Waals surface area contributed by atoms with Gasteiger partial charge >= 0.3 is 11.9 Å². The summed E-state index contributed by atoms with van der Waals surface area (Å²) in [5.74, 6) is -7.06. The smallest absolute Gasteiger partial charge is 0.329 e. The van der Waals surface area contributed by atoms with Crippen molar-refractivity contribution in [2.24, 2.45) is 52.8 Å². The first-order valence-corrected chi connectivity index (χ1v) is 26.0. The number of nitrogens with zero attached hydrogens (tertiary/aromatic N) is 1. The van der Waals surface area contributed by atoms with Crippen LogP contribution in [0.1, 0.15) is 132 Å². The van der Waals surface area contributed by atoms with Crippen LogP contribution in [0.3, 0.4) is 0 Å². The highest BCUT2D eigenvalue weighted by Gasteiger charge is 2.55. The number of esters is 2. The van der Waals surface area contributed by atoms with Crippen molar-refractivity contribution in [2.75, 3.05) is 34.0 Å². The van der Waals surface area contributed by atoms with Crippen LogP contribution < -0.4 is 0 Å². The molecule has 0 aromatic heterocycles. The predicted octanol–water partition coefficient (Wildman–Crippen LogP) is 6.38. The number of rotatable bonds is 8. The van der Waals surface area contributed by atoms with Crippen molar-refractivity contribution in [3.63, 3.8) is 0 Å². The van der Waals surface area contributed by atoms with Gasteiger partial charge in [0.05, 0.1) is 25.4 Å².